The van der Waals surface area contributed by atoms with Gasteiger partial charge in [0, 0.05) is 13.1 Å². The Morgan fingerprint density at radius 1 is 0.806 bits per heavy atom. The van der Waals surface area contributed by atoms with Crippen LogP contribution in [0.15, 0.2) is 84.9 Å². The first kappa shape index (κ1) is 22.4. The number of hydrogen-bond acceptors (Lipinski definition) is 5. The maximum absolute atomic E-state index is 10.2. The molecule has 0 aliphatic heterocycles. The van der Waals surface area contributed by atoms with Crippen LogP contribution < -0.4 is 19.5 Å². The van der Waals surface area contributed by atoms with Crippen LogP contribution in [0.25, 0.3) is 5.57 Å². The van der Waals surface area contributed by atoms with Crippen molar-refractivity contribution in [3.63, 3.8) is 0 Å². The molecular weight excluding hydrogens is 390 g/mol. The Bertz CT molecular complexity index is 888. The van der Waals surface area contributed by atoms with Gasteiger partial charge in [-0.05, 0) is 53.1 Å². The van der Waals surface area contributed by atoms with E-state index < -0.39 is 6.10 Å². The summed E-state index contributed by atoms with van der Waals surface area (Å²) in [5, 5.41) is 13.5. The van der Waals surface area contributed by atoms with Crippen molar-refractivity contribution >= 4 is 5.57 Å². The van der Waals surface area contributed by atoms with E-state index in [1.165, 1.54) is 0 Å². The Morgan fingerprint density at radius 2 is 1.35 bits per heavy atom. The number of methoxy groups -OCH3 is 2. The average molecular weight is 420 g/mol. The molecule has 3 aromatic carbocycles. The van der Waals surface area contributed by atoms with Crippen LogP contribution >= 0.6 is 0 Å². The Labute approximate surface area is 183 Å². The molecule has 5 nitrogen and oxygen atoms in total. The van der Waals surface area contributed by atoms with E-state index in [0.717, 1.165) is 33.9 Å². The van der Waals surface area contributed by atoms with Gasteiger partial charge in [-0.2, -0.15) is 0 Å². The zero-order valence-corrected chi connectivity index (χ0v) is 18.0. The standard InChI is InChI=1S/C26H29NO4/c1-29-23-12-8-20(9-13-23)26(21-10-14-24(30-2)15-11-21)16-17-27-18-22(28)19-31-25-6-4-3-5-7-25/h3-16,22,27-28H,17-19H2,1-2H3. The summed E-state index contributed by atoms with van der Waals surface area (Å²) in [5.74, 6) is 2.39. The third-order valence-electron chi connectivity index (χ3n) is 4.82. The molecule has 31 heavy (non-hydrogen) atoms. The third-order valence-corrected chi connectivity index (χ3v) is 4.82. The lowest BCUT2D eigenvalue weighted by atomic mass is 9.97. The quantitative estimate of drug-likeness (QED) is 0.457. The predicted octanol–water partition coefficient (Wildman–Crippen LogP) is 4.17. The number of para-hydroxylation sites is 1. The summed E-state index contributed by atoms with van der Waals surface area (Å²) in [6.45, 7) is 1.28. The van der Waals surface area contributed by atoms with Crippen molar-refractivity contribution in [3.05, 3.63) is 96.1 Å². The van der Waals surface area contributed by atoms with Crippen LogP contribution in [0.3, 0.4) is 0 Å². The lowest BCUT2D eigenvalue weighted by Gasteiger charge is -2.14. The molecule has 1 atom stereocenters. The molecule has 0 saturated carbocycles. The molecule has 0 aromatic heterocycles. The van der Waals surface area contributed by atoms with Gasteiger partial charge < -0.3 is 24.6 Å². The van der Waals surface area contributed by atoms with Crippen molar-refractivity contribution in [2.45, 2.75) is 6.10 Å². The van der Waals surface area contributed by atoms with Gasteiger partial charge in [-0.25, -0.2) is 0 Å². The Kier molecular flexibility index (Phi) is 8.52. The maximum atomic E-state index is 10.2. The SMILES string of the molecule is COc1ccc(C(=CCNCC(O)COc2ccccc2)c2ccc(OC)cc2)cc1. The largest absolute Gasteiger partial charge is 0.497 e. The van der Waals surface area contributed by atoms with E-state index in [1.54, 1.807) is 14.2 Å². The molecule has 0 aliphatic carbocycles. The molecule has 1 unspecified atom stereocenters. The monoisotopic (exact) mass is 419 g/mol. The number of rotatable bonds is 11. The summed E-state index contributed by atoms with van der Waals surface area (Å²) in [6.07, 6.45) is 1.52. The molecule has 0 bridgehead atoms. The molecule has 0 amide bonds. The van der Waals surface area contributed by atoms with Crippen molar-refractivity contribution in [1.29, 1.82) is 0 Å². The zero-order valence-electron chi connectivity index (χ0n) is 18.0. The second-order valence-corrected chi connectivity index (χ2v) is 7.01. The van der Waals surface area contributed by atoms with Crippen molar-refractivity contribution in [3.8, 4) is 17.2 Å². The molecule has 162 valence electrons. The van der Waals surface area contributed by atoms with Gasteiger partial charge in [-0.15, -0.1) is 0 Å². The van der Waals surface area contributed by atoms with E-state index in [-0.39, 0.29) is 6.61 Å². The number of aliphatic hydroxyl groups is 1. The smallest absolute Gasteiger partial charge is 0.119 e. The lowest BCUT2D eigenvalue weighted by Crippen LogP contribution is -2.31. The van der Waals surface area contributed by atoms with Gasteiger partial charge in [0.25, 0.3) is 0 Å². The highest BCUT2D eigenvalue weighted by Crippen LogP contribution is 2.26. The minimum Gasteiger partial charge on any atom is -0.497 e. The zero-order chi connectivity index (χ0) is 21.9. The van der Waals surface area contributed by atoms with Crippen LogP contribution in [0.2, 0.25) is 0 Å². The first-order chi connectivity index (χ1) is 15.2. The summed E-state index contributed by atoms with van der Waals surface area (Å²) in [5.41, 5.74) is 3.26. The molecule has 3 rings (SSSR count). The topological polar surface area (TPSA) is 60.0 Å². The molecule has 0 fully saturated rings. The van der Waals surface area contributed by atoms with Gasteiger partial charge in [0.2, 0.25) is 0 Å². The van der Waals surface area contributed by atoms with E-state index in [9.17, 15) is 5.11 Å². The second kappa shape index (κ2) is 11.8. The Morgan fingerprint density at radius 3 is 1.87 bits per heavy atom. The first-order valence-electron chi connectivity index (χ1n) is 10.2. The van der Waals surface area contributed by atoms with E-state index in [0.29, 0.717) is 13.1 Å². The second-order valence-electron chi connectivity index (χ2n) is 7.01. The summed E-state index contributed by atoms with van der Waals surface area (Å²) < 4.78 is 16.2. The normalized spacial score (nSPS) is 11.5. The molecule has 0 heterocycles. The molecule has 0 spiro atoms. The van der Waals surface area contributed by atoms with Gasteiger partial charge in [0.1, 0.15) is 30.0 Å². The highest BCUT2D eigenvalue weighted by atomic mass is 16.5. The van der Waals surface area contributed by atoms with Crippen molar-refractivity contribution in [2.24, 2.45) is 0 Å². The summed E-state index contributed by atoms with van der Waals surface area (Å²) in [4.78, 5) is 0. The van der Waals surface area contributed by atoms with Gasteiger partial charge in [0.15, 0.2) is 0 Å². The van der Waals surface area contributed by atoms with Crippen LogP contribution in [0.4, 0.5) is 0 Å². The highest BCUT2D eigenvalue weighted by molar-refractivity contribution is 5.80. The molecule has 0 radical (unpaired) electrons. The predicted molar refractivity (Wildman–Crippen MR) is 124 cm³/mol. The fraction of sp³-hybridized carbons (Fsp3) is 0.231. The van der Waals surface area contributed by atoms with Crippen molar-refractivity contribution in [1.82, 2.24) is 5.32 Å². The fourth-order valence-corrected chi connectivity index (χ4v) is 3.14. The third kappa shape index (κ3) is 6.88. The van der Waals surface area contributed by atoms with Gasteiger partial charge in [-0.3, -0.25) is 0 Å². The number of benzene rings is 3. The highest BCUT2D eigenvalue weighted by Gasteiger charge is 2.08. The Balaban J connectivity index is 1.62. The van der Waals surface area contributed by atoms with E-state index in [2.05, 4.69) is 11.4 Å². The molecule has 5 heteroatoms. The van der Waals surface area contributed by atoms with Crippen LogP contribution in [-0.4, -0.2) is 45.1 Å². The van der Waals surface area contributed by atoms with Gasteiger partial charge in [0.05, 0.1) is 14.2 Å². The van der Waals surface area contributed by atoms with Crippen molar-refractivity contribution in [2.75, 3.05) is 33.9 Å². The molecule has 3 aromatic rings. The summed E-state index contributed by atoms with van der Waals surface area (Å²) in [7, 11) is 3.32. The molecule has 0 saturated heterocycles. The average Bonchev–Trinajstić information content (AvgIpc) is 2.84. The number of hydrogen-bond donors (Lipinski definition) is 2. The lowest BCUT2D eigenvalue weighted by molar-refractivity contribution is 0.107. The van der Waals surface area contributed by atoms with Gasteiger partial charge >= 0.3 is 0 Å². The minimum atomic E-state index is -0.598. The molecular formula is C26H29NO4. The van der Waals surface area contributed by atoms with Gasteiger partial charge in [-0.1, -0.05) is 48.5 Å². The van der Waals surface area contributed by atoms with Crippen LogP contribution in [0, 0.1) is 0 Å². The van der Waals surface area contributed by atoms with Crippen LogP contribution in [0.1, 0.15) is 11.1 Å². The molecule has 0 aliphatic rings. The minimum absolute atomic E-state index is 0.241. The van der Waals surface area contributed by atoms with E-state index in [4.69, 9.17) is 14.2 Å². The first-order valence-corrected chi connectivity index (χ1v) is 10.2. The maximum Gasteiger partial charge on any atom is 0.119 e. The fourth-order valence-electron chi connectivity index (χ4n) is 3.14. The molecule has 2 N–H and O–H groups in total. The Hall–Kier alpha value is -3.28. The number of aliphatic hydroxyl groups excluding tert-OH is 1. The summed E-state index contributed by atoms with van der Waals surface area (Å²) >= 11 is 0. The van der Waals surface area contributed by atoms with E-state index >= 15 is 0 Å². The summed E-state index contributed by atoms with van der Waals surface area (Å²) in [6, 6.07) is 25.4. The van der Waals surface area contributed by atoms with Crippen LogP contribution in [-0.2, 0) is 0 Å². The number of ether oxygens (including phenoxy) is 3. The van der Waals surface area contributed by atoms with Crippen molar-refractivity contribution < 1.29 is 19.3 Å². The van der Waals surface area contributed by atoms with E-state index in [1.807, 2.05) is 78.9 Å². The van der Waals surface area contributed by atoms with Crippen LogP contribution in [0.5, 0.6) is 17.2 Å². The number of nitrogens with one attached hydrogen (secondary N) is 1.